The van der Waals surface area contributed by atoms with Crippen molar-refractivity contribution in [1.82, 2.24) is 21.3 Å². The second-order valence-corrected chi connectivity index (χ2v) is 11.3. The zero-order valence-corrected chi connectivity index (χ0v) is 26.2. The van der Waals surface area contributed by atoms with Gasteiger partial charge in [-0.05, 0) is 56.2 Å². The number of carbonyl (C=O) groups excluding carboxylic acids is 4. The van der Waals surface area contributed by atoms with Crippen LogP contribution in [0.3, 0.4) is 0 Å². The Kier molecular flexibility index (Phi) is 16.5. The first-order valence-electron chi connectivity index (χ1n) is 14.7. The molecule has 1 aromatic carbocycles. The highest BCUT2D eigenvalue weighted by atomic mass is 16.4. The standard InChI is InChI=1S/C29H46N8O9/c1-15(2)13-21(26(43)35-20(28(45)46)5-4-12-33-29(31)32)36-27(44)22(14-17-6-8-18(38)9-7-17)37-25(42)19(10-11-23(39)40)34-24(41)16(3)30/h6-9,15-16,19-22,38H,4-5,10-14,30H2,1-3H3,(H,34,41)(H,35,43)(H,36,44)(H,37,42)(H,39,40)(H,45,46)(H4,31,32,33)/t16-,19-,20-,21-,22-/m0/s1. The van der Waals surface area contributed by atoms with Crippen LogP contribution in [-0.2, 0) is 35.2 Å². The number of rotatable bonds is 20. The van der Waals surface area contributed by atoms with E-state index in [1.807, 2.05) is 0 Å². The van der Waals surface area contributed by atoms with Crippen LogP contribution in [0.25, 0.3) is 0 Å². The Morgan fingerprint density at radius 3 is 1.80 bits per heavy atom. The average Bonchev–Trinajstić information content (AvgIpc) is 2.96. The van der Waals surface area contributed by atoms with Crippen molar-refractivity contribution < 1.29 is 44.1 Å². The van der Waals surface area contributed by atoms with Crippen LogP contribution in [0.5, 0.6) is 5.75 Å². The summed E-state index contributed by atoms with van der Waals surface area (Å²) in [5.41, 5.74) is 16.7. The lowest BCUT2D eigenvalue weighted by molar-refractivity contribution is -0.142. The van der Waals surface area contributed by atoms with Gasteiger partial charge in [0.1, 0.15) is 29.9 Å². The minimum absolute atomic E-state index is 0.00457. The molecule has 1 rings (SSSR count). The molecule has 0 saturated heterocycles. The molecule has 0 radical (unpaired) electrons. The Hall–Kier alpha value is -4.93. The van der Waals surface area contributed by atoms with E-state index in [1.54, 1.807) is 13.8 Å². The SMILES string of the molecule is CC(C)C[C@H](NC(=O)[C@H](Cc1ccc(O)cc1)NC(=O)[C@H](CCC(=O)O)NC(=O)[C@H](C)N)C(=O)N[C@@H](CCCN=C(N)N)C(=O)O. The van der Waals surface area contributed by atoms with Crippen molar-refractivity contribution in [2.24, 2.45) is 28.1 Å². The van der Waals surface area contributed by atoms with Crippen molar-refractivity contribution in [3.05, 3.63) is 29.8 Å². The maximum Gasteiger partial charge on any atom is 0.326 e. The molecular weight excluding hydrogens is 604 g/mol. The van der Waals surface area contributed by atoms with Gasteiger partial charge in [-0.1, -0.05) is 26.0 Å². The van der Waals surface area contributed by atoms with Crippen LogP contribution >= 0.6 is 0 Å². The smallest absolute Gasteiger partial charge is 0.326 e. The van der Waals surface area contributed by atoms with Crippen LogP contribution in [0.15, 0.2) is 29.3 Å². The summed E-state index contributed by atoms with van der Waals surface area (Å²) in [5.74, 6) is -6.01. The third-order valence-electron chi connectivity index (χ3n) is 6.60. The number of aliphatic carboxylic acids is 2. The van der Waals surface area contributed by atoms with Gasteiger partial charge in [0.05, 0.1) is 6.04 Å². The molecule has 5 atom stereocenters. The molecule has 0 aliphatic carbocycles. The molecule has 0 aromatic heterocycles. The van der Waals surface area contributed by atoms with Gasteiger partial charge in [0.25, 0.3) is 0 Å². The van der Waals surface area contributed by atoms with Gasteiger partial charge < -0.3 is 53.8 Å². The summed E-state index contributed by atoms with van der Waals surface area (Å²) in [6, 6.07) is -0.427. The van der Waals surface area contributed by atoms with Crippen LogP contribution < -0.4 is 38.5 Å². The Bertz CT molecular complexity index is 1230. The molecule has 13 N–H and O–H groups in total. The van der Waals surface area contributed by atoms with E-state index in [-0.39, 0.29) is 56.3 Å². The zero-order valence-electron chi connectivity index (χ0n) is 26.2. The molecule has 0 bridgehead atoms. The first kappa shape index (κ1) is 39.1. The molecule has 1 aromatic rings. The Balaban J connectivity index is 3.27. The van der Waals surface area contributed by atoms with Crippen LogP contribution in [0.1, 0.15) is 58.4 Å². The summed E-state index contributed by atoms with van der Waals surface area (Å²) in [6.45, 7) is 5.10. The van der Waals surface area contributed by atoms with Crippen molar-refractivity contribution >= 4 is 41.5 Å². The first-order valence-corrected chi connectivity index (χ1v) is 14.7. The number of amides is 4. The van der Waals surface area contributed by atoms with Gasteiger partial charge in [-0.3, -0.25) is 29.0 Å². The van der Waals surface area contributed by atoms with Gasteiger partial charge in [-0.15, -0.1) is 0 Å². The highest BCUT2D eigenvalue weighted by molar-refractivity contribution is 5.95. The van der Waals surface area contributed by atoms with Crippen molar-refractivity contribution in [1.29, 1.82) is 0 Å². The van der Waals surface area contributed by atoms with E-state index in [9.17, 15) is 39.0 Å². The summed E-state index contributed by atoms with van der Waals surface area (Å²) < 4.78 is 0. The third-order valence-corrected chi connectivity index (χ3v) is 6.60. The van der Waals surface area contributed by atoms with E-state index < -0.39 is 72.2 Å². The molecular formula is C29H46N8O9. The predicted molar refractivity (Wildman–Crippen MR) is 167 cm³/mol. The molecule has 256 valence electrons. The predicted octanol–water partition coefficient (Wildman–Crippen LogP) is -1.73. The van der Waals surface area contributed by atoms with Gasteiger partial charge in [0.2, 0.25) is 23.6 Å². The second-order valence-electron chi connectivity index (χ2n) is 11.3. The van der Waals surface area contributed by atoms with Crippen molar-refractivity contribution in [3.8, 4) is 5.75 Å². The Labute approximate surface area is 266 Å². The van der Waals surface area contributed by atoms with Crippen molar-refractivity contribution in [3.63, 3.8) is 0 Å². The summed E-state index contributed by atoms with van der Waals surface area (Å²) in [6.07, 6.45) is -0.526. The number of nitrogens with one attached hydrogen (secondary N) is 4. The number of carboxylic acid groups (broad SMARTS) is 2. The number of nitrogens with zero attached hydrogens (tertiary/aromatic N) is 1. The van der Waals surface area contributed by atoms with Gasteiger partial charge in [-0.25, -0.2) is 4.79 Å². The minimum atomic E-state index is -1.35. The Morgan fingerprint density at radius 1 is 0.761 bits per heavy atom. The lowest BCUT2D eigenvalue weighted by Gasteiger charge is -2.27. The molecule has 17 nitrogen and oxygen atoms in total. The fraction of sp³-hybridized carbons (Fsp3) is 0.552. The zero-order chi connectivity index (χ0) is 35.0. The number of phenolic OH excluding ortho intramolecular Hbond substituents is 1. The van der Waals surface area contributed by atoms with E-state index in [4.69, 9.17) is 22.3 Å². The van der Waals surface area contributed by atoms with Crippen molar-refractivity contribution in [2.75, 3.05) is 6.54 Å². The highest BCUT2D eigenvalue weighted by Gasteiger charge is 2.32. The molecule has 4 amide bonds. The van der Waals surface area contributed by atoms with E-state index >= 15 is 0 Å². The van der Waals surface area contributed by atoms with Crippen LogP contribution in [0, 0.1) is 5.92 Å². The molecule has 0 aliphatic heterocycles. The number of hydrogen-bond donors (Lipinski definition) is 10. The van der Waals surface area contributed by atoms with E-state index in [0.29, 0.717) is 5.56 Å². The largest absolute Gasteiger partial charge is 0.508 e. The lowest BCUT2D eigenvalue weighted by atomic mass is 10.00. The number of guanidine groups is 1. The third kappa shape index (κ3) is 15.2. The summed E-state index contributed by atoms with van der Waals surface area (Å²) in [7, 11) is 0. The number of aliphatic imine (C=N–C) groups is 1. The summed E-state index contributed by atoms with van der Waals surface area (Å²) in [5, 5.41) is 38.4. The van der Waals surface area contributed by atoms with Gasteiger partial charge in [0, 0.05) is 19.4 Å². The van der Waals surface area contributed by atoms with E-state index in [2.05, 4.69) is 26.3 Å². The molecule has 0 fully saturated rings. The van der Waals surface area contributed by atoms with Gasteiger partial charge in [0.15, 0.2) is 5.96 Å². The number of nitrogens with two attached hydrogens (primary N) is 3. The number of aromatic hydroxyl groups is 1. The van der Waals surface area contributed by atoms with Gasteiger partial charge >= 0.3 is 11.9 Å². The highest BCUT2D eigenvalue weighted by Crippen LogP contribution is 2.13. The number of hydrogen-bond acceptors (Lipinski definition) is 9. The topological polar surface area (TPSA) is 302 Å². The van der Waals surface area contributed by atoms with E-state index in [0.717, 1.165) is 0 Å². The number of carbonyl (C=O) groups is 6. The first-order chi connectivity index (χ1) is 21.5. The fourth-order valence-corrected chi connectivity index (χ4v) is 4.20. The number of phenols is 1. The molecule has 0 unspecified atom stereocenters. The molecule has 0 saturated carbocycles. The normalized spacial score (nSPS) is 14.1. The minimum Gasteiger partial charge on any atom is -0.508 e. The van der Waals surface area contributed by atoms with Crippen LogP contribution in [0.4, 0.5) is 0 Å². The van der Waals surface area contributed by atoms with Crippen molar-refractivity contribution in [2.45, 2.75) is 89.5 Å². The number of carboxylic acids is 2. The maximum absolute atomic E-state index is 13.6. The summed E-state index contributed by atoms with van der Waals surface area (Å²) in [4.78, 5) is 79.3. The summed E-state index contributed by atoms with van der Waals surface area (Å²) >= 11 is 0. The molecule has 0 heterocycles. The van der Waals surface area contributed by atoms with Crippen LogP contribution in [0.2, 0.25) is 0 Å². The fourth-order valence-electron chi connectivity index (χ4n) is 4.20. The quantitative estimate of drug-likeness (QED) is 0.0428. The molecule has 0 aliphatic rings. The maximum atomic E-state index is 13.6. The number of benzene rings is 1. The lowest BCUT2D eigenvalue weighted by Crippen LogP contribution is -2.59. The van der Waals surface area contributed by atoms with Gasteiger partial charge in [-0.2, -0.15) is 0 Å². The van der Waals surface area contributed by atoms with Crippen LogP contribution in [-0.4, -0.2) is 93.6 Å². The monoisotopic (exact) mass is 650 g/mol. The molecule has 0 spiro atoms. The molecule has 17 heteroatoms. The average molecular weight is 651 g/mol. The Morgan fingerprint density at radius 2 is 1.28 bits per heavy atom. The van der Waals surface area contributed by atoms with E-state index in [1.165, 1.54) is 31.2 Å². The molecule has 46 heavy (non-hydrogen) atoms. The second kappa shape index (κ2) is 19.5.